The van der Waals surface area contributed by atoms with E-state index in [1.54, 1.807) is 7.11 Å². The molecule has 0 amide bonds. The standard InChI is InChI=1S/C12H21NO6/c1-12(2)18-10-9(16-4)8(17-11(10)19-12)6(13)5-7(14)15-3/h6,8-11H,5,13H2,1-4H3/t6-,8+,9+,10+,11+/m0/s1. The van der Waals surface area contributed by atoms with Gasteiger partial charge in [0, 0.05) is 13.2 Å². The number of hydrogen-bond acceptors (Lipinski definition) is 7. The molecule has 0 aromatic carbocycles. The average molecular weight is 275 g/mol. The Morgan fingerprint density at radius 3 is 2.63 bits per heavy atom. The van der Waals surface area contributed by atoms with E-state index in [4.69, 9.17) is 24.7 Å². The van der Waals surface area contributed by atoms with Crippen molar-refractivity contribution in [1.82, 2.24) is 0 Å². The molecule has 0 aliphatic carbocycles. The topological polar surface area (TPSA) is 89.2 Å². The van der Waals surface area contributed by atoms with Gasteiger partial charge in [0.15, 0.2) is 12.1 Å². The fourth-order valence-electron chi connectivity index (χ4n) is 2.51. The number of carbonyl (C=O) groups excluding carboxylic acids is 1. The second-order valence-electron chi connectivity index (χ2n) is 5.21. The summed E-state index contributed by atoms with van der Waals surface area (Å²) < 4.78 is 27.1. The van der Waals surface area contributed by atoms with Crippen LogP contribution in [0.3, 0.4) is 0 Å². The van der Waals surface area contributed by atoms with Crippen LogP contribution in [0.25, 0.3) is 0 Å². The average Bonchev–Trinajstić information content (AvgIpc) is 2.80. The number of esters is 1. The molecule has 19 heavy (non-hydrogen) atoms. The van der Waals surface area contributed by atoms with Crippen LogP contribution in [0.1, 0.15) is 20.3 Å². The summed E-state index contributed by atoms with van der Waals surface area (Å²) >= 11 is 0. The molecule has 2 heterocycles. The summed E-state index contributed by atoms with van der Waals surface area (Å²) in [6.45, 7) is 3.62. The van der Waals surface area contributed by atoms with E-state index in [1.165, 1.54) is 7.11 Å². The van der Waals surface area contributed by atoms with Crippen LogP contribution in [-0.2, 0) is 28.5 Å². The van der Waals surface area contributed by atoms with Crippen molar-refractivity contribution in [3.8, 4) is 0 Å². The molecule has 5 atom stereocenters. The van der Waals surface area contributed by atoms with E-state index in [1.807, 2.05) is 13.8 Å². The first kappa shape index (κ1) is 14.7. The Kier molecular flexibility index (Phi) is 4.12. The van der Waals surface area contributed by atoms with E-state index in [0.717, 1.165) is 0 Å². The van der Waals surface area contributed by atoms with E-state index in [-0.39, 0.29) is 24.6 Å². The predicted molar refractivity (Wildman–Crippen MR) is 64.1 cm³/mol. The van der Waals surface area contributed by atoms with Crippen molar-refractivity contribution in [2.24, 2.45) is 5.73 Å². The highest BCUT2D eigenvalue weighted by Gasteiger charge is 2.56. The van der Waals surface area contributed by atoms with Crippen molar-refractivity contribution < 1.29 is 28.5 Å². The monoisotopic (exact) mass is 275 g/mol. The van der Waals surface area contributed by atoms with Crippen molar-refractivity contribution in [2.75, 3.05) is 14.2 Å². The molecule has 0 bridgehead atoms. The third kappa shape index (κ3) is 2.90. The van der Waals surface area contributed by atoms with Crippen LogP contribution in [0.2, 0.25) is 0 Å². The van der Waals surface area contributed by atoms with Crippen LogP contribution in [0.4, 0.5) is 0 Å². The van der Waals surface area contributed by atoms with Gasteiger partial charge in [-0.2, -0.15) is 0 Å². The fourth-order valence-corrected chi connectivity index (χ4v) is 2.51. The number of nitrogens with two attached hydrogens (primary N) is 1. The molecule has 0 spiro atoms. The van der Waals surface area contributed by atoms with E-state index < -0.39 is 24.2 Å². The molecule has 0 radical (unpaired) electrons. The van der Waals surface area contributed by atoms with E-state index in [9.17, 15) is 4.79 Å². The minimum Gasteiger partial charge on any atom is -0.469 e. The first-order chi connectivity index (χ1) is 8.88. The van der Waals surface area contributed by atoms with Gasteiger partial charge in [0.05, 0.1) is 13.5 Å². The zero-order valence-electron chi connectivity index (χ0n) is 11.6. The highest BCUT2D eigenvalue weighted by Crippen LogP contribution is 2.39. The third-order valence-corrected chi connectivity index (χ3v) is 3.35. The van der Waals surface area contributed by atoms with E-state index in [0.29, 0.717) is 0 Å². The molecular formula is C12H21NO6. The Bertz CT molecular complexity index is 347. The smallest absolute Gasteiger partial charge is 0.307 e. The van der Waals surface area contributed by atoms with Gasteiger partial charge in [-0.05, 0) is 13.8 Å². The summed E-state index contributed by atoms with van der Waals surface area (Å²) in [7, 11) is 2.88. The Hall–Kier alpha value is -0.730. The van der Waals surface area contributed by atoms with Gasteiger partial charge in [-0.3, -0.25) is 4.79 Å². The lowest BCUT2D eigenvalue weighted by Gasteiger charge is -2.27. The van der Waals surface area contributed by atoms with Gasteiger partial charge in [0.2, 0.25) is 0 Å². The molecule has 0 saturated carbocycles. The van der Waals surface area contributed by atoms with Crippen molar-refractivity contribution in [3.05, 3.63) is 0 Å². The first-order valence-electron chi connectivity index (χ1n) is 6.24. The minimum absolute atomic E-state index is 0.0594. The molecule has 7 heteroatoms. The molecule has 0 aromatic rings. The van der Waals surface area contributed by atoms with E-state index in [2.05, 4.69) is 4.74 Å². The maximum atomic E-state index is 11.3. The lowest BCUT2D eigenvalue weighted by molar-refractivity contribution is -0.219. The third-order valence-electron chi connectivity index (χ3n) is 3.35. The molecule has 2 saturated heterocycles. The summed E-state index contributed by atoms with van der Waals surface area (Å²) in [5, 5.41) is 0. The van der Waals surface area contributed by atoms with Gasteiger partial charge in [-0.1, -0.05) is 0 Å². The van der Waals surface area contributed by atoms with Crippen LogP contribution >= 0.6 is 0 Å². The highest BCUT2D eigenvalue weighted by atomic mass is 16.8. The van der Waals surface area contributed by atoms with Crippen molar-refractivity contribution in [2.45, 2.75) is 56.7 Å². The Balaban J connectivity index is 2.03. The number of methoxy groups -OCH3 is 2. The summed E-state index contributed by atoms with van der Waals surface area (Å²) in [6.07, 6.45) is -1.63. The van der Waals surface area contributed by atoms with Gasteiger partial charge in [-0.25, -0.2) is 0 Å². The molecule has 110 valence electrons. The van der Waals surface area contributed by atoms with Crippen molar-refractivity contribution >= 4 is 5.97 Å². The number of ether oxygens (including phenoxy) is 5. The van der Waals surface area contributed by atoms with Crippen molar-refractivity contribution in [3.63, 3.8) is 0 Å². The van der Waals surface area contributed by atoms with Gasteiger partial charge in [0.1, 0.15) is 18.3 Å². The van der Waals surface area contributed by atoms with Gasteiger partial charge < -0.3 is 29.4 Å². The quantitative estimate of drug-likeness (QED) is 0.709. The molecule has 2 aliphatic rings. The Labute approximate surface area is 112 Å². The normalized spacial score (nSPS) is 37.9. The SMILES string of the molecule is COC(=O)C[C@H](N)[C@H]1O[C@@H]2OC(C)(C)O[C@@H]2[C@@H]1OC. The summed E-state index contributed by atoms with van der Waals surface area (Å²) in [5.41, 5.74) is 5.98. The number of fused-ring (bicyclic) bond motifs is 1. The maximum Gasteiger partial charge on any atom is 0.307 e. The number of hydrogen-bond donors (Lipinski definition) is 1. The zero-order valence-corrected chi connectivity index (χ0v) is 11.6. The summed E-state index contributed by atoms with van der Waals surface area (Å²) in [4.78, 5) is 11.3. The van der Waals surface area contributed by atoms with E-state index >= 15 is 0 Å². The lowest BCUT2D eigenvalue weighted by Crippen LogP contribution is -2.47. The maximum absolute atomic E-state index is 11.3. The second kappa shape index (κ2) is 5.34. The van der Waals surface area contributed by atoms with Crippen LogP contribution in [0.15, 0.2) is 0 Å². The largest absolute Gasteiger partial charge is 0.469 e. The predicted octanol–water partition coefficient (Wildman–Crippen LogP) is -0.232. The van der Waals surface area contributed by atoms with Gasteiger partial charge >= 0.3 is 5.97 Å². The molecular weight excluding hydrogens is 254 g/mol. The van der Waals surface area contributed by atoms with Crippen LogP contribution in [-0.4, -0.2) is 56.6 Å². The zero-order chi connectivity index (χ0) is 14.2. The minimum atomic E-state index is -0.705. The number of carbonyl (C=O) groups is 1. The Morgan fingerprint density at radius 2 is 2.05 bits per heavy atom. The molecule has 0 unspecified atom stereocenters. The fraction of sp³-hybridized carbons (Fsp3) is 0.917. The summed E-state index contributed by atoms with van der Waals surface area (Å²) in [5.74, 6) is -1.09. The number of rotatable bonds is 4. The molecule has 7 nitrogen and oxygen atoms in total. The molecule has 2 fully saturated rings. The summed E-state index contributed by atoms with van der Waals surface area (Å²) in [6, 6.07) is -0.529. The molecule has 2 N–H and O–H groups in total. The van der Waals surface area contributed by atoms with Crippen LogP contribution in [0, 0.1) is 0 Å². The first-order valence-corrected chi connectivity index (χ1v) is 6.24. The molecule has 2 aliphatic heterocycles. The second-order valence-corrected chi connectivity index (χ2v) is 5.21. The molecule has 2 rings (SSSR count). The van der Waals surface area contributed by atoms with Gasteiger partial charge in [-0.15, -0.1) is 0 Å². The van der Waals surface area contributed by atoms with Gasteiger partial charge in [0.25, 0.3) is 0 Å². The Morgan fingerprint density at radius 1 is 1.37 bits per heavy atom. The lowest BCUT2D eigenvalue weighted by atomic mass is 10.0. The molecule has 0 aromatic heterocycles. The van der Waals surface area contributed by atoms with Crippen LogP contribution in [0.5, 0.6) is 0 Å². The van der Waals surface area contributed by atoms with Crippen molar-refractivity contribution in [1.29, 1.82) is 0 Å². The van der Waals surface area contributed by atoms with Crippen LogP contribution < -0.4 is 5.73 Å². The highest BCUT2D eigenvalue weighted by molar-refractivity contribution is 5.70.